The maximum Gasteiger partial charge on any atom is 0.337 e. The van der Waals surface area contributed by atoms with E-state index in [4.69, 9.17) is 0 Å². The monoisotopic (exact) mass is 329 g/mol. The molecular formula is C20H15N3O2. The highest BCUT2D eigenvalue weighted by molar-refractivity contribution is 5.92. The fraction of sp³-hybridized carbons (Fsp3) is 0.0500. The lowest BCUT2D eigenvalue weighted by molar-refractivity contribution is 0.0696. The van der Waals surface area contributed by atoms with Gasteiger partial charge in [-0.1, -0.05) is 60.2 Å². The largest absolute Gasteiger partial charge is 0.478 e. The predicted molar refractivity (Wildman–Crippen MR) is 95.6 cm³/mol. The molecule has 0 unspecified atom stereocenters. The third-order valence-corrected chi connectivity index (χ3v) is 4.15. The standard InChI is InChI=1S/C20H15N3O2/c1-13-7-9-14(10-8-13)17-11-16(20(24)25)12-23-18(21-22-19(17)23)15-5-3-2-4-6-15/h2-12H,1H3,(H,24,25). The Kier molecular flexibility index (Phi) is 3.54. The molecule has 0 saturated heterocycles. The van der Waals surface area contributed by atoms with Crippen LogP contribution < -0.4 is 0 Å². The van der Waals surface area contributed by atoms with Crippen molar-refractivity contribution in [2.45, 2.75) is 6.92 Å². The Bertz CT molecular complexity index is 1070. The molecule has 0 radical (unpaired) electrons. The summed E-state index contributed by atoms with van der Waals surface area (Å²) in [5.74, 6) is -0.366. The molecule has 0 spiro atoms. The summed E-state index contributed by atoms with van der Waals surface area (Å²) in [7, 11) is 0. The van der Waals surface area contributed by atoms with Gasteiger partial charge >= 0.3 is 5.97 Å². The molecule has 0 saturated carbocycles. The number of carbonyl (C=O) groups is 1. The van der Waals surface area contributed by atoms with Crippen molar-refractivity contribution in [3.8, 4) is 22.5 Å². The van der Waals surface area contributed by atoms with Crippen molar-refractivity contribution in [1.82, 2.24) is 14.6 Å². The fourth-order valence-corrected chi connectivity index (χ4v) is 2.84. The Balaban J connectivity index is 2.01. The number of hydrogen-bond acceptors (Lipinski definition) is 3. The van der Waals surface area contributed by atoms with E-state index in [1.165, 1.54) is 0 Å². The molecule has 4 aromatic rings. The highest BCUT2D eigenvalue weighted by Crippen LogP contribution is 2.28. The van der Waals surface area contributed by atoms with Gasteiger partial charge in [0.05, 0.1) is 5.56 Å². The molecule has 0 aliphatic carbocycles. The molecule has 0 aliphatic heterocycles. The molecule has 0 fully saturated rings. The summed E-state index contributed by atoms with van der Waals surface area (Å²) < 4.78 is 1.74. The molecule has 5 heteroatoms. The molecule has 2 aromatic heterocycles. The lowest BCUT2D eigenvalue weighted by atomic mass is 10.0. The number of aromatic carboxylic acids is 1. The van der Waals surface area contributed by atoms with Gasteiger partial charge in [0.2, 0.25) is 0 Å². The number of aryl methyl sites for hydroxylation is 1. The first kappa shape index (κ1) is 15.1. The lowest BCUT2D eigenvalue weighted by Gasteiger charge is -2.08. The summed E-state index contributed by atoms with van der Waals surface area (Å²) in [5.41, 5.74) is 4.50. The van der Waals surface area contributed by atoms with Crippen LogP contribution in [0, 0.1) is 6.92 Å². The summed E-state index contributed by atoms with van der Waals surface area (Å²) in [6.45, 7) is 2.01. The van der Waals surface area contributed by atoms with Crippen molar-refractivity contribution in [2.24, 2.45) is 0 Å². The zero-order valence-electron chi connectivity index (χ0n) is 13.5. The second-order valence-corrected chi connectivity index (χ2v) is 5.90. The second-order valence-electron chi connectivity index (χ2n) is 5.90. The van der Waals surface area contributed by atoms with Gasteiger partial charge in [0.1, 0.15) is 0 Å². The summed E-state index contributed by atoms with van der Waals surface area (Å²) in [6.07, 6.45) is 1.57. The molecule has 25 heavy (non-hydrogen) atoms. The number of fused-ring (bicyclic) bond motifs is 1. The zero-order chi connectivity index (χ0) is 17.4. The molecule has 1 N–H and O–H groups in total. The van der Waals surface area contributed by atoms with Crippen molar-refractivity contribution >= 4 is 11.6 Å². The Morgan fingerprint density at radius 2 is 1.68 bits per heavy atom. The van der Waals surface area contributed by atoms with Crippen LogP contribution in [0.25, 0.3) is 28.2 Å². The first-order valence-corrected chi connectivity index (χ1v) is 7.88. The maximum atomic E-state index is 11.6. The molecule has 4 rings (SSSR count). The van der Waals surface area contributed by atoms with Crippen molar-refractivity contribution in [3.63, 3.8) is 0 Å². The van der Waals surface area contributed by atoms with Crippen LogP contribution in [-0.2, 0) is 0 Å². The van der Waals surface area contributed by atoms with Crippen LogP contribution in [0.1, 0.15) is 15.9 Å². The number of nitrogens with zero attached hydrogens (tertiary/aromatic N) is 3. The van der Waals surface area contributed by atoms with Gasteiger partial charge in [0.15, 0.2) is 11.5 Å². The highest BCUT2D eigenvalue weighted by atomic mass is 16.4. The van der Waals surface area contributed by atoms with E-state index in [0.29, 0.717) is 11.5 Å². The molecule has 5 nitrogen and oxygen atoms in total. The van der Waals surface area contributed by atoms with Gasteiger partial charge in [0, 0.05) is 17.3 Å². The quantitative estimate of drug-likeness (QED) is 0.615. The number of aromatic nitrogens is 3. The highest BCUT2D eigenvalue weighted by Gasteiger charge is 2.16. The van der Waals surface area contributed by atoms with Gasteiger partial charge in [-0.2, -0.15) is 0 Å². The minimum absolute atomic E-state index is 0.194. The molecule has 2 heterocycles. The van der Waals surface area contributed by atoms with E-state index in [0.717, 1.165) is 22.3 Å². The number of carboxylic acids is 1. The van der Waals surface area contributed by atoms with Crippen molar-refractivity contribution < 1.29 is 9.90 Å². The predicted octanol–water partition coefficient (Wildman–Crippen LogP) is 4.07. The average molecular weight is 329 g/mol. The first-order chi connectivity index (χ1) is 12.1. The van der Waals surface area contributed by atoms with E-state index in [1.807, 2.05) is 61.5 Å². The van der Waals surface area contributed by atoms with Crippen LogP contribution in [-0.4, -0.2) is 25.7 Å². The van der Waals surface area contributed by atoms with E-state index in [1.54, 1.807) is 16.7 Å². The summed E-state index contributed by atoms with van der Waals surface area (Å²) in [5, 5.41) is 18.1. The van der Waals surface area contributed by atoms with Crippen molar-refractivity contribution in [3.05, 3.63) is 78.0 Å². The van der Waals surface area contributed by atoms with Gasteiger partial charge in [-0.3, -0.25) is 4.40 Å². The minimum Gasteiger partial charge on any atom is -0.478 e. The molecule has 0 aliphatic rings. The third kappa shape index (κ3) is 2.65. The van der Waals surface area contributed by atoms with Gasteiger partial charge in [-0.15, -0.1) is 10.2 Å². The number of hydrogen-bond donors (Lipinski definition) is 1. The van der Waals surface area contributed by atoms with Gasteiger partial charge in [-0.25, -0.2) is 4.79 Å². The van der Waals surface area contributed by atoms with Crippen LogP contribution >= 0.6 is 0 Å². The number of pyridine rings is 1. The average Bonchev–Trinajstić information content (AvgIpc) is 3.06. The number of carboxylic acid groups (broad SMARTS) is 1. The summed E-state index contributed by atoms with van der Waals surface area (Å²) in [6, 6.07) is 19.2. The Morgan fingerprint density at radius 3 is 2.36 bits per heavy atom. The van der Waals surface area contributed by atoms with Gasteiger partial charge in [0.25, 0.3) is 0 Å². The molecule has 122 valence electrons. The van der Waals surface area contributed by atoms with Crippen molar-refractivity contribution in [1.29, 1.82) is 0 Å². The Morgan fingerprint density at radius 1 is 0.960 bits per heavy atom. The van der Waals surface area contributed by atoms with Crippen LogP contribution in [0.4, 0.5) is 0 Å². The smallest absolute Gasteiger partial charge is 0.337 e. The summed E-state index contributed by atoms with van der Waals surface area (Å²) >= 11 is 0. The van der Waals surface area contributed by atoms with E-state index in [-0.39, 0.29) is 5.56 Å². The van der Waals surface area contributed by atoms with E-state index >= 15 is 0 Å². The van der Waals surface area contributed by atoms with E-state index in [2.05, 4.69) is 10.2 Å². The second kappa shape index (κ2) is 5.87. The number of benzene rings is 2. The van der Waals surface area contributed by atoms with Crippen molar-refractivity contribution in [2.75, 3.05) is 0 Å². The first-order valence-electron chi connectivity index (χ1n) is 7.88. The van der Waals surface area contributed by atoms with Gasteiger partial charge < -0.3 is 5.11 Å². The topological polar surface area (TPSA) is 67.5 Å². The van der Waals surface area contributed by atoms with Gasteiger partial charge in [-0.05, 0) is 18.6 Å². The van der Waals surface area contributed by atoms with E-state index in [9.17, 15) is 9.90 Å². The van der Waals surface area contributed by atoms with E-state index < -0.39 is 5.97 Å². The molecule has 0 bridgehead atoms. The summed E-state index contributed by atoms with van der Waals surface area (Å²) in [4.78, 5) is 11.6. The zero-order valence-corrected chi connectivity index (χ0v) is 13.5. The number of rotatable bonds is 3. The molecule has 0 amide bonds. The maximum absolute atomic E-state index is 11.6. The Hall–Kier alpha value is -3.47. The molecule has 2 aromatic carbocycles. The van der Waals surface area contributed by atoms with Crippen LogP contribution in [0.5, 0.6) is 0 Å². The Labute approximate surface area is 144 Å². The lowest BCUT2D eigenvalue weighted by Crippen LogP contribution is -2.01. The normalized spacial score (nSPS) is 10.9. The molecular weight excluding hydrogens is 314 g/mol. The molecule has 0 atom stereocenters. The van der Waals surface area contributed by atoms with Crippen LogP contribution in [0.3, 0.4) is 0 Å². The SMILES string of the molecule is Cc1ccc(-c2cc(C(=O)O)cn3c(-c4ccccc4)nnc23)cc1. The third-order valence-electron chi connectivity index (χ3n) is 4.15. The minimum atomic E-state index is -0.983. The van der Waals surface area contributed by atoms with Crippen LogP contribution in [0.15, 0.2) is 66.9 Å². The van der Waals surface area contributed by atoms with Crippen LogP contribution in [0.2, 0.25) is 0 Å². The fourth-order valence-electron chi connectivity index (χ4n) is 2.84.